The maximum absolute atomic E-state index is 14.3. The Morgan fingerprint density at radius 2 is 2.27 bits per heavy atom. The highest BCUT2D eigenvalue weighted by atomic mass is 19.1. The predicted octanol–water partition coefficient (Wildman–Crippen LogP) is -0.485. The van der Waals surface area contributed by atoms with Gasteiger partial charge >= 0.3 is 0 Å². The van der Waals surface area contributed by atoms with E-state index in [-0.39, 0.29) is 16.9 Å². The van der Waals surface area contributed by atoms with Gasteiger partial charge in [0, 0.05) is 6.20 Å². The van der Waals surface area contributed by atoms with Gasteiger partial charge in [-0.15, -0.1) is 0 Å². The van der Waals surface area contributed by atoms with Gasteiger partial charge in [0.25, 0.3) is 5.56 Å². The van der Waals surface area contributed by atoms with E-state index in [9.17, 15) is 28.9 Å². The van der Waals surface area contributed by atoms with Crippen molar-refractivity contribution >= 4 is 11.0 Å². The van der Waals surface area contributed by atoms with E-state index in [1.165, 1.54) is 13.8 Å². The van der Waals surface area contributed by atoms with Crippen LogP contribution >= 0.6 is 0 Å². The Kier molecular flexibility index (Phi) is 4.58. The summed E-state index contributed by atoms with van der Waals surface area (Å²) in [5, 5.41) is 30.6. The molecule has 0 saturated carbocycles. The second-order valence-electron chi connectivity index (χ2n) is 6.13. The highest BCUT2D eigenvalue weighted by Crippen LogP contribution is 2.41. The summed E-state index contributed by atoms with van der Waals surface area (Å²) in [6.07, 6.45) is -4.86. The molecule has 3 heterocycles. The van der Waals surface area contributed by atoms with Crippen molar-refractivity contribution in [1.82, 2.24) is 14.5 Å². The van der Waals surface area contributed by atoms with Gasteiger partial charge in [0.05, 0.1) is 6.10 Å². The monoisotopic (exact) mass is 369 g/mol. The zero-order valence-corrected chi connectivity index (χ0v) is 13.9. The molecule has 1 aliphatic heterocycles. The second kappa shape index (κ2) is 6.44. The van der Waals surface area contributed by atoms with Crippen LogP contribution in [0.25, 0.3) is 11.0 Å². The van der Waals surface area contributed by atoms with Crippen LogP contribution in [0.2, 0.25) is 0 Å². The number of ether oxygens (including phenoxy) is 1. The lowest BCUT2D eigenvalue weighted by Gasteiger charge is -2.26. The van der Waals surface area contributed by atoms with E-state index in [2.05, 4.69) is 15.9 Å². The van der Waals surface area contributed by atoms with Crippen LogP contribution in [0.1, 0.15) is 19.0 Å². The molecule has 1 fully saturated rings. The van der Waals surface area contributed by atoms with Gasteiger partial charge in [-0.2, -0.15) is 0 Å². The van der Waals surface area contributed by atoms with E-state index in [0.29, 0.717) is 0 Å². The van der Waals surface area contributed by atoms with Crippen molar-refractivity contribution in [2.45, 2.75) is 44.0 Å². The standard InChI is InChI=1S/C16H17F2N3O5/c1-7(22)11-12(23)16(25,4-3-5-17)15(26-11)21-6-9(18)10-13(21)19-8(2)20-14(10)24/h6-7,11-12,15,22-23,25H,5H2,1-2H3,(H,19,20,24)/t7-,11+,12-,15+,16?/m0/s1. The summed E-state index contributed by atoms with van der Waals surface area (Å²) in [5.41, 5.74) is -3.23. The SMILES string of the molecule is Cc1nc2c(c(F)cn2[C@@H]2O[C@H]([C@H](C)O)[C@H](O)C2(O)C#CCF)c(=O)[nH]1. The average Bonchev–Trinajstić information content (AvgIpc) is 3.01. The lowest BCUT2D eigenvalue weighted by atomic mass is 9.92. The van der Waals surface area contributed by atoms with Crippen molar-refractivity contribution in [1.29, 1.82) is 0 Å². The normalized spacial score (nSPS) is 29.6. The molecule has 2 aromatic rings. The van der Waals surface area contributed by atoms with Crippen molar-refractivity contribution < 1.29 is 28.8 Å². The zero-order valence-electron chi connectivity index (χ0n) is 13.9. The minimum absolute atomic E-state index is 0.146. The third-order valence-electron chi connectivity index (χ3n) is 4.26. The number of aromatic amines is 1. The molecule has 0 amide bonds. The fraction of sp³-hybridized carbons (Fsp3) is 0.500. The van der Waals surface area contributed by atoms with Crippen LogP contribution in [0.5, 0.6) is 0 Å². The summed E-state index contributed by atoms with van der Waals surface area (Å²) in [4.78, 5) is 18.4. The summed E-state index contributed by atoms with van der Waals surface area (Å²) in [7, 11) is 0. The quantitative estimate of drug-likeness (QED) is 0.531. The average molecular weight is 369 g/mol. The molecule has 5 atom stereocenters. The van der Waals surface area contributed by atoms with E-state index in [4.69, 9.17) is 4.74 Å². The third-order valence-corrected chi connectivity index (χ3v) is 4.26. The first-order valence-corrected chi connectivity index (χ1v) is 7.77. The van der Waals surface area contributed by atoms with Crippen LogP contribution in [0.15, 0.2) is 11.0 Å². The van der Waals surface area contributed by atoms with Crippen LogP contribution in [0, 0.1) is 24.6 Å². The molecule has 0 spiro atoms. The van der Waals surface area contributed by atoms with Gasteiger partial charge in [0.1, 0.15) is 30.1 Å². The Morgan fingerprint density at radius 1 is 1.58 bits per heavy atom. The van der Waals surface area contributed by atoms with E-state index in [1.807, 2.05) is 5.92 Å². The largest absolute Gasteiger partial charge is 0.391 e. The van der Waals surface area contributed by atoms with Gasteiger partial charge in [-0.1, -0.05) is 11.8 Å². The Hall–Kier alpha value is -2.32. The Bertz CT molecular complexity index is 960. The molecule has 1 unspecified atom stereocenters. The summed E-state index contributed by atoms with van der Waals surface area (Å²) in [5.74, 6) is 3.46. The molecule has 2 aromatic heterocycles. The Balaban J connectivity index is 2.24. The van der Waals surface area contributed by atoms with Crippen LogP contribution in [0.3, 0.4) is 0 Å². The Morgan fingerprint density at radius 3 is 2.88 bits per heavy atom. The number of aryl methyl sites for hydroxylation is 1. The number of hydrogen-bond donors (Lipinski definition) is 4. The van der Waals surface area contributed by atoms with Crippen LogP contribution in [-0.4, -0.2) is 60.4 Å². The van der Waals surface area contributed by atoms with Crippen molar-refractivity contribution in [3.05, 3.63) is 28.2 Å². The number of aromatic nitrogens is 3. The Labute approximate surface area is 146 Å². The minimum Gasteiger partial charge on any atom is -0.391 e. The first kappa shape index (κ1) is 18.5. The molecule has 1 aliphatic rings. The topological polar surface area (TPSA) is 121 Å². The molecule has 26 heavy (non-hydrogen) atoms. The third kappa shape index (κ3) is 2.69. The number of nitrogens with one attached hydrogen (secondary N) is 1. The molecule has 0 aliphatic carbocycles. The molecule has 8 nitrogen and oxygen atoms in total. The molecule has 10 heteroatoms. The molecule has 0 aromatic carbocycles. The fourth-order valence-electron chi connectivity index (χ4n) is 3.09. The minimum atomic E-state index is -2.36. The summed E-state index contributed by atoms with van der Waals surface area (Å²) < 4.78 is 33.3. The summed E-state index contributed by atoms with van der Waals surface area (Å²) >= 11 is 0. The van der Waals surface area contributed by atoms with Crippen LogP contribution < -0.4 is 5.56 Å². The molecule has 3 rings (SSSR count). The predicted molar refractivity (Wildman–Crippen MR) is 85.3 cm³/mol. The highest BCUT2D eigenvalue weighted by Gasteiger charge is 2.57. The number of fused-ring (bicyclic) bond motifs is 1. The van der Waals surface area contributed by atoms with E-state index >= 15 is 0 Å². The van der Waals surface area contributed by atoms with Crippen molar-refractivity contribution in [3.8, 4) is 11.8 Å². The van der Waals surface area contributed by atoms with Gasteiger partial charge in [0.15, 0.2) is 23.3 Å². The molecule has 4 N–H and O–H groups in total. The van der Waals surface area contributed by atoms with Crippen LogP contribution in [-0.2, 0) is 4.74 Å². The smallest absolute Gasteiger partial charge is 0.263 e. The van der Waals surface area contributed by atoms with Crippen LogP contribution in [0.4, 0.5) is 8.78 Å². The number of halogens is 2. The lowest BCUT2D eigenvalue weighted by molar-refractivity contribution is -0.0846. The first-order valence-electron chi connectivity index (χ1n) is 7.77. The molecular weight excluding hydrogens is 352 g/mol. The highest BCUT2D eigenvalue weighted by molar-refractivity contribution is 5.76. The summed E-state index contributed by atoms with van der Waals surface area (Å²) in [6.45, 7) is 1.70. The number of aliphatic hydroxyl groups is 3. The van der Waals surface area contributed by atoms with E-state index in [0.717, 1.165) is 10.8 Å². The molecule has 140 valence electrons. The van der Waals surface area contributed by atoms with Crippen molar-refractivity contribution in [2.75, 3.05) is 6.67 Å². The first-order chi connectivity index (χ1) is 12.2. The van der Waals surface area contributed by atoms with Gasteiger partial charge < -0.3 is 25.0 Å². The zero-order chi connectivity index (χ0) is 19.2. The second-order valence-corrected chi connectivity index (χ2v) is 6.13. The van der Waals surface area contributed by atoms with Gasteiger partial charge in [0.2, 0.25) is 0 Å². The molecule has 0 radical (unpaired) electrons. The lowest BCUT2D eigenvalue weighted by Crippen LogP contribution is -2.47. The summed E-state index contributed by atoms with van der Waals surface area (Å²) in [6, 6.07) is 0. The van der Waals surface area contributed by atoms with E-state index < -0.39 is 48.2 Å². The van der Waals surface area contributed by atoms with Gasteiger partial charge in [-0.3, -0.25) is 9.36 Å². The van der Waals surface area contributed by atoms with Gasteiger partial charge in [-0.05, 0) is 13.8 Å². The van der Waals surface area contributed by atoms with Crippen molar-refractivity contribution in [3.63, 3.8) is 0 Å². The van der Waals surface area contributed by atoms with Crippen molar-refractivity contribution in [2.24, 2.45) is 0 Å². The number of rotatable bonds is 2. The maximum Gasteiger partial charge on any atom is 0.263 e. The number of hydrogen-bond acceptors (Lipinski definition) is 6. The number of H-pyrrole nitrogens is 1. The molecule has 1 saturated heterocycles. The number of alkyl halides is 1. The maximum atomic E-state index is 14.3. The number of aliphatic hydroxyl groups excluding tert-OH is 2. The molecular formula is C16H17F2N3O5. The van der Waals surface area contributed by atoms with E-state index in [1.54, 1.807) is 0 Å². The molecule has 0 bridgehead atoms. The number of nitrogens with zero attached hydrogens (tertiary/aromatic N) is 2. The fourth-order valence-corrected chi connectivity index (χ4v) is 3.09. The van der Waals surface area contributed by atoms with Gasteiger partial charge in [-0.25, -0.2) is 13.8 Å².